The molecular weight excluding hydrogens is 238 g/mol. The highest BCUT2D eigenvalue weighted by Gasteiger charge is 2.39. The lowest BCUT2D eigenvalue weighted by Crippen LogP contribution is -2.44. The van der Waals surface area contributed by atoms with Gasteiger partial charge in [-0.25, -0.2) is 0 Å². The van der Waals surface area contributed by atoms with E-state index in [0.717, 1.165) is 19.4 Å². The summed E-state index contributed by atoms with van der Waals surface area (Å²) in [4.78, 5) is 0. The van der Waals surface area contributed by atoms with Crippen LogP contribution in [0.15, 0.2) is 12.4 Å². The van der Waals surface area contributed by atoms with E-state index in [1.54, 1.807) is 0 Å². The van der Waals surface area contributed by atoms with Crippen LogP contribution in [0, 0.1) is 0 Å². The number of aromatic nitrogens is 2. The number of aryl methyl sites for hydroxylation is 1. The van der Waals surface area contributed by atoms with Gasteiger partial charge in [-0.1, -0.05) is 25.7 Å². The van der Waals surface area contributed by atoms with E-state index in [0.29, 0.717) is 0 Å². The SMILES string of the molecule is CCn1cc(C(NC)C2(OC)CCCCCC2)cn1. The Hall–Kier alpha value is -0.870. The maximum Gasteiger partial charge on any atom is 0.0873 e. The van der Waals surface area contributed by atoms with Crippen LogP contribution in [0.1, 0.15) is 57.1 Å². The van der Waals surface area contributed by atoms with Gasteiger partial charge in [0.15, 0.2) is 0 Å². The van der Waals surface area contributed by atoms with Crippen LogP contribution in [0.4, 0.5) is 0 Å². The third kappa shape index (κ3) is 3.00. The number of rotatable bonds is 5. The van der Waals surface area contributed by atoms with Crippen molar-refractivity contribution >= 4 is 0 Å². The normalized spacial score (nSPS) is 21.0. The zero-order chi connectivity index (χ0) is 13.7. The quantitative estimate of drug-likeness (QED) is 0.832. The highest BCUT2D eigenvalue weighted by molar-refractivity contribution is 5.16. The maximum atomic E-state index is 6.01. The summed E-state index contributed by atoms with van der Waals surface area (Å²) in [5.41, 5.74) is 1.17. The van der Waals surface area contributed by atoms with Crippen LogP contribution in [-0.2, 0) is 11.3 Å². The zero-order valence-electron chi connectivity index (χ0n) is 12.5. The van der Waals surface area contributed by atoms with E-state index in [4.69, 9.17) is 4.74 Å². The number of ether oxygens (including phenoxy) is 1. The largest absolute Gasteiger partial charge is 0.376 e. The Kier molecular flexibility index (Phi) is 4.99. The second kappa shape index (κ2) is 6.53. The highest BCUT2D eigenvalue weighted by atomic mass is 16.5. The van der Waals surface area contributed by atoms with Crippen LogP contribution in [-0.4, -0.2) is 29.5 Å². The first kappa shape index (κ1) is 14.5. The van der Waals surface area contributed by atoms with Gasteiger partial charge in [0.25, 0.3) is 0 Å². The van der Waals surface area contributed by atoms with E-state index in [1.165, 1.54) is 31.2 Å². The average Bonchev–Trinajstić information content (AvgIpc) is 2.78. The lowest BCUT2D eigenvalue weighted by molar-refractivity contribution is -0.0523. The van der Waals surface area contributed by atoms with Gasteiger partial charge in [-0.3, -0.25) is 4.68 Å². The fraction of sp³-hybridized carbons (Fsp3) is 0.800. The second-order valence-electron chi connectivity index (χ2n) is 5.53. The van der Waals surface area contributed by atoms with Crippen LogP contribution in [0.2, 0.25) is 0 Å². The molecule has 0 bridgehead atoms. The molecule has 0 aliphatic heterocycles. The molecule has 0 amide bonds. The standard InChI is InChI=1S/C15H27N3O/c1-4-18-12-13(11-17-18)14(16-2)15(19-3)9-7-5-6-8-10-15/h11-12,14,16H,4-10H2,1-3H3. The number of nitrogens with zero attached hydrogens (tertiary/aromatic N) is 2. The second-order valence-corrected chi connectivity index (χ2v) is 5.53. The Balaban J connectivity index is 2.26. The molecule has 0 spiro atoms. The number of hydrogen-bond donors (Lipinski definition) is 1. The molecule has 108 valence electrons. The summed E-state index contributed by atoms with van der Waals surface area (Å²) in [5, 5.41) is 7.88. The fourth-order valence-corrected chi connectivity index (χ4v) is 3.37. The fourth-order valence-electron chi connectivity index (χ4n) is 3.37. The Morgan fingerprint density at radius 1 is 1.37 bits per heavy atom. The molecule has 0 radical (unpaired) electrons. The van der Waals surface area contributed by atoms with Gasteiger partial charge in [-0.2, -0.15) is 5.10 Å². The summed E-state index contributed by atoms with van der Waals surface area (Å²) in [7, 11) is 3.89. The van der Waals surface area contributed by atoms with E-state index >= 15 is 0 Å². The third-order valence-corrected chi connectivity index (χ3v) is 4.48. The van der Waals surface area contributed by atoms with Crippen molar-refractivity contribution in [2.24, 2.45) is 0 Å². The molecule has 4 nitrogen and oxygen atoms in total. The average molecular weight is 265 g/mol. The predicted octanol–water partition coefficient (Wildman–Crippen LogP) is 2.90. The van der Waals surface area contributed by atoms with Crippen molar-refractivity contribution in [1.29, 1.82) is 0 Å². The van der Waals surface area contributed by atoms with Crippen molar-refractivity contribution in [3.63, 3.8) is 0 Å². The highest BCUT2D eigenvalue weighted by Crippen LogP contribution is 2.39. The van der Waals surface area contributed by atoms with Crippen molar-refractivity contribution in [2.45, 2.75) is 63.6 Å². The van der Waals surface area contributed by atoms with E-state index in [1.807, 2.05) is 25.0 Å². The van der Waals surface area contributed by atoms with Gasteiger partial charge in [0.05, 0.1) is 17.8 Å². The molecule has 1 saturated carbocycles. The first-order chi connectivity index (χ1) is 9.25. The van der Waals surface area contributed by atoms with Crippen LogP contribution < -0.4 is 5.32 Å². The van der Waals surface area contributed by atoms with Crippen molar-refractivity contribution in [3.05, 3.63) is 18.0 Å². The van der Waals surface area contributed by atoms with E-state index in [9.17, 15) is 0 Å². The Morgan fingerprint density at radius 3 is 2.53 bits per heavy atom. The lowest BCUT2D eigenvalue weighted by Gasteiger charge is -2.38. The summed E-state index contributed by atoms with van der Waals surface area (Å²) >= 11 is 0. The molecule has 1 aliphatic carbocycles. The van der Waals surface area contributed by atoms with Gasteiger partial charge < -0.3 is 10.1 Å². The molecule has 1 fully saturated rings. The van der Waals surface area contributed by atoms with Gasteiger partial charge in [0, 0.05) is 25.4 Å². The maximum absolute atomic E-state index is 6.01. The molecule has 1 atom stereocenters. The van der Waals surface area contributed by atoms with Crippen LogP contribution in [0.25, 0.3) is 0 Å². The van der Waals surface area contributed by atoms with Gasteiger partial charge >= 0.3 is 0 Å². The minimum atomic E-state index is -0.0765. The zero-order valence-corrected chi connectivity index (χ0v) is 12.5. The molecule has 1 heterocycles. The molecule has 1 aliphatic rings. The summed E-state index contributed by atoms with van der Waals surface area (Å²) in [6.45, 7) is 3.03. The lowest BCUT2D eigenvalue weighted by atomic mass is 9.83. The third-order valence-electron chi connectivity index (χ3n) is 4.48. The summed E-state index contributed by atoms with van der Waals surface area (Å²) in [6.07, 6.45) is 11.6. The van der Waals surface area contributed by atoms with E-state index in [-0.39, 0.29) is 11.6 Å². The van der Waals surface area contributed by atoms with Crippen LogP contribution in [0.5, 0.6) is 0 Å². The number of nitrogens with one attached hydrogen (secondary N) is 1. The topological polar surface area (TPSA) is 39.1 Å². The number of likely N-dealkylation sites (N-methyl/N-ethyl adjacent to an activating group) is 1. The molecule has 1 aromatic rings. The summed E-state index contributed by atoms with van der Waals surface area (Å²) in [5.74, 6) is 0. The van der Waals surface area contributed by atoms with Gasteiger partial charge in [-0.05, 0) is 26.8 Å². The first-order valence-corrected chi connectivity index (χ1v) is 7.50. The van der Waals surface area contributed by atoms with Crippen molar-refractivity contribution < 1.29 is 4.74 Å². The van der Waals surface area contributed by atoms with Crippen molar-refractivity contribution in [3.8, 4) is 0 Å². The van der Waals surface area contributed by atoms with Crippen LogP contribution >= 0.6 is 0 Å². The Bertz CT molecular complexity index is 380. The molecule has 1 aromatic heterocycles. The van der Waals surface area contributed by atoms with Gasteiger partial charge in [-0.15, -0.1) is 0 Å². The smallest absolute Gasteiger partial charge is 0.0873 e. The van der Waals surface area contributed by atoms with E-state index in [2.05, 4.69) is 23.5 Å². The van der Waals surface area contributed by atoms with Gasteiger partial charge in [0.1, 0.15) is 0 Å². The number of methoxy groups -OCH3 is 1. The minimum absolute atomic E-state index is 0.0765. The predicted molar refractivity (Wildman–Crippen MR) is 77.1 cm³/mol. The monoisotopic (exact) mass is 265 g/mol. The van der Waals surface area contributed by atoms with Gasteiger partial charge in [0.2, 0.25) is 0 Å². The first-order valence-electron chi connectivity index (χ1n) is 7.50. The molecule has 1 N–H and O–H groups in total. The Morgan fingerprint density at radius 2 is 2.05 bits per heavy atom. The molecule has 4 heteroatoms. The molecule has 0 aromatic carbocycles. The minimum Gasteiger partial charge on any atom is -0.376 e. The van der Waals surface area contributed by atoms with Crippen LogP contribution in [0.3, 0.4) is 0 Å². The Labute approximate surface area is 116 Å². The summed E-state index contributed by atoms with van der Waals surface area (Å²) in [6, 6.07) is 0.232. The molecule has 19 heavy (non-hydrogen) atoms. The molecule has 1 unspecified atom stereocenters. The van der Waals surface area contributed by atoms with Crippen molar-refractivity contribution in [2.75, 3.05) is 14.2 Å². The molecular formula is C15H27N3O. The molecule has 2 rings (SSSR count). The summed E-state index contributed by atoms with van der Waals surface area (Å²) < 4.78 is 8.00. The number of hydrogen-bond acceptors (Lipinski definition) is 3. The van der Waals surface area contributed by atoms with Crippen molar-refractivity contribution in [1.82, 2.24) is 15.1 Å². The molecule has 0 saturated heterocycles. The van der Waals surface area contributed by atoms with E-state index < -0.39 is 0 Å².